The highest BCUT2D eigenvalue weighted by atomic mass is 16.7. The molecule has 0 saturated heterocycles. The monoisotopic (exact) mass is 210 g/mol. The Morgan fingerprint density at radius 3 is 2.53 bits per heavy atom. The molecule has 0 N–H and O–H groups in total. The van der Waals surface area contributed by atoms with Gasteiger partial charge in [-0.2, -0.15) is 0 Å². The number of hydrogen-bond donors (Lipinski definition) is 0. The summed E-state index contributed by atoms with van der Waals surface area (Å²) in [6.45, 7) is 2.39. The van der Waals surface area contributed by atoms with Crippen molar-refractivity contribution in [1.82, 2.24) is 0 Å². The molecule has 3 nitrogen and oxygen atoms in total. The zero-order valence-electron chi connectivity index (χ0n) is 9.58. The van der Waals surface area contributed by atoms with Crippen LogP contribution in [0.15, 0.2) is 18.2 Å². The number of aryl methyl sites for hydroxylation is 1. The van der Waals surface area contributed by atoms with Crippen LogP contribution in [-0.2, 0) is 11.2 Å². The fourth-order valence-corrected chi connectivity index (χ4v) is 1.40. The highest BCUT2D eigenvalue weighted by molar-refractivity contribution is 5.42. The molecule has 0 heterocycles. The summed E-state index contributed by atoms with van der Waals surface area (Å²) in [5.41, 5.74) is 1.25. The van der Waals surface area contributed by atoms with E-state index in [1.807, 2.05) is 12.1 Å². The van der Waals surface area contributed by atoms with E-state index in [4.69, 9.17) is 14.2 Å². The molecule has 84 valence electrons. The van der Waals surface area contributed by atoms with E-state index in [1.165, 1.54) is 5.56 Å². The molecule has 0 unspecified atom stereocenters. The lowest BCUT2D eigenvalue weighted by Gasteiger charge is -2.11. The van der Waals surface area contributed by atoms with Gasteiger partial charge in [-0.25, -0.2) is 0 Å². The summed E-state index contributed by atoms with van der Waals surface area (Å²) in [4.78, 5) is 0. The maximum atomic E-state index is 5.42. The van der Waals surface area contributed by atoms with Gasteiger partial charge >= 0.3 is 0 Å². The van der Waals surface area contributed by atoms with Gasteiger partial charge in [0.1, 0.15) is 0 Å². The second kappa shape index (κ2) is 6.30. The Morgan fingerprint density at radius 1 is 1.13 bits per heavy atom. The van der Waals surface area contributed by atoms with Crippen LogP contribution in [0.4, 0.5) is 0 Å². The molecule has 1 aromatic rings. The van der Waals surface area contributed by atoms with Crippen LogP contribution in [0.1, 0.15) is 18.9 Å². The molecule has 0 atom stereocenters. The molecule has 0 aromatic heterocycles. The third-order valence-corrected chi connectivity index (χ3v) is 2.10. The second-order valence-corrected chi connectivity index (χ2v) is 3.29. The number of hydrogen-bond acceptors (Lipinski definition) is 3. The number of methoxy groups -OCH3 is 2. The first-order valence-corrected chi connectivity index (χ1v) is 5.10. The minimum atomic E-state index is 0.242. The van der Waals surface area contributed by atoms with Gasteiger partial charge in [0.2, 0.25) is 0 Å². The van der Waals surface area contributed by atoms with Crippen LogP contribution < -0.4 is 9.47 Å². The first-order chi connectivity index (χ1) is 7.31. The lowest BCUT2D eigenvalue weighted by molar-refractivity contribution is 0.0491. The summed E-state index contributed by atoms with van der Waals surface area (Å²) < 4.78 is 15.5. The smallest absolute Gasteiger partial charge is 0.188 e. The third kappa shape index (κ3) is 3.44. The molecular weight excluding hydrogens is 192 g/mol. The standard InChI is InChI=1S/C12H18O3/c1-4-5-10-6-7-11(14-3)12(8-10)15-9-13-2/h6-8H,4-5,9H2,1-3H3. The van der Waals surface area contributed by atoms with Crippen LogP contribution in [0, 0.1) is 0 Å². The van der Waals surface area contributed by atoms with Crippen molar-refractivity contribution in [3.8, 4) is 11.5 Å². The van der Waals surface area contributed by atoms with Crippen molar-refractivity contribution in [2.24, 2.45) is 0 Å². The van der Waals surface area contributed by atoms with Crippen molar-refractivity contribution in [2.75, 3.05) is 21.0 Å². The molecule has 0 aliphatic carbocycles. The fraction of sp³-hybridized carbons (Fsp3) is 0.500. The van der Waals surface area contributed by atoms with Gasteiger partial charge in [-0.1, -0.05) is 19.4 Å². The summed E-state index contributed by atoms with van der Waals surface area (Å²) in [6.07, 6.45) is 2.17. The van der Waals surface area contributed by atoms with Crippen molar-refractivity contribution < 1.29 is 14.2 Å². The molecule has 0 bridgehead atoms. The summed E-state index contributed by atoms with van der Waals surface area (Å²) in [5.74, 6) is 1.48. The van der Waals surface area contributed by atoms with E-state index < -0.39 is 0 Å². The van der Waals surface area contributed by atoms with Gasteiger partial charge in [-0.05, 0) is 24.1 Å². The van der Waals surface area contributed by atoms with E-state index >= 15 is 0 Å². The topological polar surface area (TPSA) is 27.7 Å². The molecular formula is C12H18O3. The average molecular weight is 210 g/mol. The van der Waals surface area contributed by atoms with Crippen molar-refractivity contribution in [2.45, 2.75) is 19.8 Å². The number of ether oxygens (including phenoxy) is 3. The van der Waals surface area contributed by atoms with Gasteiger partial charge in [-0.3, -0.25) is 0 Å². The van der Waals surface area contributed by atoms with E-state index in [-0.39, 0.29) is 6.79 Å². The van der Waals surface area contributed by atoms with Gasteiger partial charge in [-0.15, -0.1) is 0 Å². The highest BCUT2D eigenvalue weighted by Gasteiger charge is 2.04. The zero-order valence-corrected chi connectivity index (χ0v) is 9.58. The zero-order chi connectivity index (χ0) is 11.1. The van der Waals surface area contributed by atoms with Gasteiger partial charge in [0.15, 0.2) is 18.3 Å². The van der Waals surface area contributed by atoms with Crippen LogP contribution >= 0.6 is 0 Å². The Balaban J connectivity index is 2.81. The van der Waals surface area contributed by atoms with Gasteiger partial charge < -0.3 is 14.2 Å². The molecule has 0 aliphatic rings. The van der Waals surface area contributed by atoms with E-state index in [0.717, 1.165) is 24.3 Å². The Labute approximate surface area is 91.0 Å². The van der Waals surface area contributed by atoms with Crippen LogP contribution in [0.3, 0.4) is 0 Å². The number of benzene rings is 1. The minimum Gasteiger partial charge on any atom is -0.493 e. The predicted molar refractivity (Wildman–Crippen MR) is 59.5 cm³/mol. The normalized spacial score (nSPS) is 10.1. The Bertz CT molecular complexity index is 297. The highest BCUT2D eigenvalue weighted by Crippen LogP contribution is 2.28. The summed E-state index contributed by atoms with van der Waals surface area (Å²) >= 11 is 0. The van der Waals surface area contributed by atoms with Crippen molar-refractivity contribution in [3.05, 3.63) is 23.8 Å². The fourth-order valence-electron chi connectivity index (χ4n) is 1.40. The number of rotatable bonds is 6. The van der Waals surface area contributed by atoms with Crippen molar-refractivity contribution in [3.63, 3.8) is 0 Å². The van der Waals surface area contributed by atoms with E-state index in [9.17, 15) is 0 Å². The summed E-state index contributed by atoms with van der Waals surface area (Å²) in [7, 11) is 3.23. The molecule has 15 heavy (non-hydrogen) atoms. The maximum Gasteiger partial charge on any atom is 0.188 e. The second-order valence-electron chi connectivity index (χ2n) is 3.29. The van der Waals surface area contributed by atoms with Crippen LogP contribution in [-0.4, -0.2) is 21.0 Å². The van der Waals surface area contributed by atoms with Crippen LogP contribution in [0.2, 0.25) is 0 Å². The molecule has 0 aliphatic heterocycles. The van der Waals surface area contributed by atoms with E-state index in [2.05, 4.69) is 13.0 Å². The van der Waals surface area contributed by atoms with E-state index in [0.29, 0.717) is 0 Å². The van der Waals surface area contributed by atoms with E-state index in [1.54, 1.807) is 14.2 Å². The first-order valence-electron chi connectivity index (χ1n) is 5.10. The van der Waals surface area contributed by atoms with Crippen molar-refractivity contribution in [1.29, 1.82) is 0 Å². The molecule has 0 fully saturated rings. The summed E-state index contributed by atoms with van der Waals surface area (Å²) in [6, 6.07) is 5.99. The molecule has 1 rings (SSSR count). The van der Waals surface area contributed by atoms with Crippen molar-refractivity contribution >= 4 is 0 Å². The molecule has 0 spiro atoms. The first kappa shape index (κ1) is 11.9. The van der Waals surface area contributed by atoms with Gasteiger partial charge in [0.05, 0.1) is 7.11 Å². The maximum absolute atomic E-state index is 5.42. The molecule has 3 heteroatoms. The average Bonchev–Trinajstić information content (AvgIpc) is 2.27. The molecule has 0 amide bonds. The van der Waals surface area contributed by atoms with Gasteiger partial charge in [0.25, 0.3) is 0 Å². The van der Waals surface area contributed by atoms with Crippen LogP contribution in [0.5, 0.6) is 11.5 Å². The predicted octanol–water partition coefficient (Wildman–Crippen LogP) is 2.63. The minimum absolute atomic E-state index is 0.242. The Morgan fingerprint density at radius 2 is 1.93 bits per heavy atom. The Hall–Kier alpha value is -1.22. The summed E-state index contributed by atoms with van der Waals surface area (Å²) in [5, 5.41) is 0. The Kier molecular flexibility index (Phi) is 4.98. The molecule has 1 aromatic carbocycles. The third-order valence-electron chi connectivity index (χ3n) is 2.10. The SMILES string of the molecule is CCCc1ccc(OC)c(OCOC)c1. The largest absolute Gasteiger partial charge is 0.493 e. The lowest BCUT2D eigenvalue weighted by atomic mass is 10.1. The van der Waals surface area contributed by atoms with Gasteiger partial charge in [0, 0.05) is 7.11 Å². The lowest BCUT2D eigenvalue weighted by Crippen LogP contribution is -2.01. The molecule has 0 radical (unpaired) electrons. The quantitative estimate of drug-likeness (QED) is 0.675. The molecule has 0 saturated carbocycles. The van der Waals surface area contributed by atoms with Crippen LogP contribution in [0.25, 0.3) is 0 Å².